The highest BCUT2D eigenvalue weighted by molar-refractivity contribution is 5.75. The van der Waals surface area contributed by atoms with Gasteiger partial charge in [-0.3, -0.25) is 4.79 Å². The monoisotopic (exact) mass is 194 g/mol. The summed E-state index contributed by atoms with van der Waals surface area (Å²) < 4.78 is 2.39. The molecule has 0 aromatic heterocycles. The van der Waals surface area contributed by atoms with Gasteiger partial charge in [-0.25, -0.2) is 4.58 Å². The van der Waals surface area contributed by atoms with Crippen LogP contribution in [0.3, 0.4) is 0 Å². The third kappa shape index (κ3) is 2.43. The van der Waals surface area contributed by atoms with Crippen LogP contribution < -0.4 is 0 Å². The van der Waals surface area contributed by atoms with Crippen molar-refractivity contribution in [3.63, 3.8) is 0 Å². The van der Waals surface area contributed by atoms with Gasteiger partial charge in [0.15, 0.2) is 0 Å². The van der Waals surface area contributed by atoms with E-state index >= 15 is 0 Å². The van der Waals surface area contributed by atoms with Gasteiger partial charge in [-0.05, 0) is 26.2 Å². The lowest BCUT2D eigenvalue weighted by Gasteiger charge is -2.29. The van der Waals surface area contributed by atoms with Crippen LogP contribution in [0.15, 0.2) is 0 Å². The molecule has 2 nitrogen and oxygen atoms in total. The molecule has 0 spiro atoms. The molecule has 1 saturated carbocycles. The predicted molar refractivity (Wildman–Crippen MR) is 56.8 cm³/mol. The molecule has 1 fully saturated rings. The Kier molecular flexibility index (Phi) is 2.99. The largest absolute Gasteiger partial charge is 0.300 e. The van der Waals surface area contributed by atoms with E-state index in [1.54, 1.807) is 6.92 Å². The first-order valence-electron chi connectivity index (χ1n) is 5.82. The van der Waals surface area contributed by atoms with E-state index in [2.05, 4.69) is 10.8 Å². The van der Waals surface area contributed by atoms with Gasteiger partial charge in [0, 0.05) is 11.8 Å². The van der Waals surface area contributed by atoms with Crippen molar-refractivity contribution in [2.75, 3.05) is 13.1 Å². The van der Waals surface area contributed by atoms with Crippen LogP contribution in [0.1, 0.15) is 39.0 Å². The van der Waals surface area contributed by atoms with E-state index in [0.717, 1.165) is 24.8 Å². The van der Waals surface area contributed by atoms with Crippen LogP contribution in [0.2, 0.25) is 0 Å². The first-order valence-corrected chi connectivity index (χ1v) is 5.82. The molecular weight excluding hydrogens is 174 g/mol. The third-order valence-corrected chi connectivity index (χ3v) is 3.49. The number of carbonyl (C=O) groups excluding carboxylic acids is 1. The zero-order chi connectivity index (χ0) is 9.97. The Morgan fingerprint density at radius 2 is 2.36 bits per heavy atom. The summed E-state index contributed by atoms with van der Waals surface area (Å²) in [5, 5.41) is 0. The van der Waals surface area contributed by atoms with E-state index in [1.165, 1.54) is 32.2 Å². The summed E-state index contributed by atoms with van der Waals surface area (Å²) in [7, 11) is 0. The van der Waals surface area contributed by atoms with E-state index in [9.17, 15) is 4.79 Å². The maximum atomic E-state index is 10.9. The second kappa shape index (κ2) is 4.24. The fraction of sp³-hybridized carbons (Fsp3) is 0.833. The summed E-state index contributed by atoms with van der Waals surface area (Å²) in [4.78, 5) is 10.9. The zero-order valence-electron chi connectivity index (χ0n) is 9.04. The molecule has 2 heteroatoms. The number of rotatable bonds is 3. The van der Waals surface area contributed by atoms with Crippen molar-refractivity contribution >= 4 is 12.0 Å². The van der Waals surface area contributed by atoms with Gasteiger partial charge in [-0.1, -0.05) is 6.42 Å². The second-order valence-electron chi connectivity index (χ2n) is 4.89. The van der Waals surface area contributed by atoms with Crippen molar-refractivity contribution < 1.29 is 9.37 Å². The molecule has 0 saturated heterocycles. The van der Waals surface area contributed by atoms with Gasteiger partial charge in [0.2, 0.25) is 0 Å². The minimum atomic E-state index is 0.314. The van der Waals surface area contributed by atoms with Gasteiger partial charge in [0.1, 0.15) is 25.1 Å². The predicted octanol–water partition coefficient (Wildman–Crippen LogP) is 1.87. The Morgan fingerprint density at radius 1 is 1.50 bits per heavy atom. The highest BCUT2D eigenvalue weighted by atomic mass is 16.1. The van der Waals surface area contributed by atoms with Gasteiger partial charge < -0.3 is 0 Å². The Bertz CT molecular complexity index is 257. The van der Waals surface area contributed by atoms with E-state index in [-0.39, 0.29) is 0 Å². The number of carbonyl (C=O) groups is 1. The molecule has 0 aromatic carbocycles. The topological polar surface area (TPSA) is 20.1 Å². The lowest BCUT2D eigenvalue weighted by atomic mass is 9.80. The van der Waals surface area contributed by atoms with Crippen molar-refractivity contribution in [2.24, 2.45) is 11.8 Å². The van der Waals surface area contributed by atoms with Gasteiger partial charge in [-0.15, -0.1) is 0 Å². The smallest absolute Gasteiger partial charge is 0.149 e. The molecule has 14 heavy (non-hydrogen) atoms. The van der Waals surface area contributed by atoms with Gasteiger partial charge >= 0.3 is 0 Å². The molecule has 0 unspecified atom stereocenters. The molecular formula is C12H20NO+. The minimum Gasteiger partial charge on any atom is -0.300 e. The van der Waals surface area contributed by atoms with Gasteiger partial charge in [0.05, 0.1) is 6.42 Å². The molecule has 1 heterocycles. The summed E-state index contributed by atoms with van der Waals surface area (Å²) in [5.41, 5.74) is 0. The summed E-state index contributed by atoms with van der Waals surface area (Å²) in [6.07, 6.45) is 8.69. The number of fused-ring (bicyclic) bond motifs is 2. The Hall–Kier alpha value is -0.660. The maximum Gasteiger partial charge on any atom is 0.149 e. The molecule has 78 valence electrons. The quantitative estimate of drug-likeness (QED) is 0.628. The number of hydrogen-bond acceptors (Lipinski definition) is 1. The summed E-state index contributed by atoms with van der Waals surface area (Å²) >= 11 is 0. The van der Waals surface area contributed by atoms with Crippen LogP contribution in [0, 0.1) is 11.8 Å². The molecule has 0 amide bonds. The molecule has 2 rings (SSSR count). The van der Waals surface area contributed by atoms with Crippen molar-refractivity contribution in [2.45, 2.75) is 39.0 Å². The van der Waals surface area contributed by atoms with Crippen LogP contribution in [-0.4, -0.2) is 29.7 Å². The summed E-state index contributed by atoms with van der Waals surface area (Å²) in [6.45, 7) is 3.83. The van der Waals surface area contributed by atoms with Gasteiger partial charge in [-0.2, -0.15) is 0 Å². The first-order chi connectivity index (χ1) is 6.74. The lowest BCUT2D eigenvalue weighted by Crippen LogP contribution is -2.35. The normalized spacial score (nSPS) is 31.1. The van der Waals surface area contributed by atoms with Crippen molar-refractivity contribution in [3.8, 4) is 0 Å². The van der Waals surface area contributed by atoms with Crippen LogP contribution >= 0.6 is 0 Å². The summed E-state index contributed by atoms with van der Waals surface area (Å²) in [6, 6.07) is 0. The van der Waals surface area contributed by atoms with E-state index in [1.807, 2.05) is 0 Å². The van der Waals surface area contributed by atoms with Crippen LogP contribution in [0.25, 0.3) is 0 Å². The second-order valence-corrected chi connectivity index (χ2v) is 4.89. The highest BCUT2D eigenvalue weighted by Crippen LogP contribution is 2.30. The van der Waals surface area contributed by atoms with Gasteiger partial charge in [0.25, 0.3) is 0 Å². The molecule has 1 aliphatic carbocycles. The van der Waals surface area contributed by atoms with Crippen molar-refractivity contribution in [1.82, 2.24) is 0 Å². The Morgan fingerprint density at radius 3 is 3.07 bits per heavy atom. The minimum absolute atomic E-state index is 0.314. The molecule has 2 atom stereocenters. The fourth-order valence-corrected chi connectivity index (χ4v) is 2.79. The van der Waals surface area contributed by atoms with E-state index < -0.39 is 0 Å². The maximum absolute atomic E-state index is 10.9. The van der Waals surface area contributed by atoms with Crippen LogP contribution in [0.5, 0.6) is 0 Å². The first kappa shape index (κ1) is 9.88. The molecule has 2 bridgehead atoms. The highest BCUT2D eigenvalue weighted by Gasteiger charge is 2.30. The standard InChI is InChI=1S/C12H20NO/c1-10(14)5-6-13-8-11-3-2-4-12(7-11)9-13/h8,11-12H,2-7,9H2,1H3/q+1/t11-,12+/m0/s1. The Balaban J connectivity index is 1.92. The molecule has 2 aliphatic rings. The van der Waals surface area contributed by atoms with E-state index in [4.69, 9.17) is 0 Å². The van der Waals surface area contributed by atoms with Crippen LogP contribution in [0.4, 0.5) is 0 Å². The molecule has 0 radical (unpaired) electrons. The number of nitrogens with zero attached hydrogens (tertiary/aromatic N) is 1. The van der Waals surface area contributed by atoms with E-state index in [0.29, 0.717) is 5.78 Å². The zero-order valence-corrected chi connectivity index (χ0v) is 9.04. The molecule has 0 N–H and O–H groups in total. The number of ketones is 1. The SMILES string of the molecule is CC(=O)CC[N+]1=C[C@H]2CCC[C@H](C2)C1. The number of hydrogen-bond donors (Lipinski definition) is 0. The average Bonchev–Trinajstić information content (AvgIpc) is 2.14. The average molecular weight is 194 g/mol. The van der Waals surface area contributed by atoms with Crippen LogP contribution in [-0.2, 0) is 4.79 Å². The lowest BCUT2D eigenvalue weighted by molar-refractivity contribution is -0.538. The summed E-state index contributed by atoms with van der Waals surface area (Å²) in [5.74, 6) is 2.04. The molecule has 1 aliphatic heterocycles. The number of Topliss-reactive ketones (excluding diaryl/α,β-unsaturated/α-hetero) is 1. The van der Waals surface area contributed by atoms with Crippen molar-refractivity contribution in [3.05, 3.63) is 0 Å². The Labute approximate surface area is 86.0 Å². The third-order valence-electron chi connectivity index (χ3n) is 3.49. The fourth-order valence-electron chi connectivity index (χ4n) is 2.79. The molecule has 0 aromatic rings. The van der Waals surface area contributed by atoms with Crippen molar-refractivity contribution in [1.29, 1.82) is 0 Å².